The number of aromatic hydroxyl groups is 1. The van der Waals surface area contributed by atoms with Crippen molar-refractivity contribution in [3.63, 3.8) is 0 Å². The Labute approximate surface area is 138 Å². The van der Waals surface area contributed by atoms with Crippen molar-refractivity contribution in [3.8, 4) is 5.75 Å². The van der Waals surface area contributed by atoms with E-state index < -0.39 is 24.0 Å². The van der Waals surface area contributed by atoms with E-state index in [1.54, 1.807) is 23.9 Å². The third-order valence-electron chi connectivity index (χ3n) is 3.08. The first-order valence-electron chi connectivity index (χ1n) is 6.61. The first kappa shape index (κ1) is 18.6. The Morgan fingerprint density at radius 3 is 2.45 bits per heavy atom. The molecule has 0 aliphatic rings. The highest BCUT2D eigenvalue weighted by atomic mass is 35.5. The number of carboxylic acid groups (broad SMARTS) is 1. The molecular weight excluding hydrogens is 328 g/mol. The fourth-order valence-electron chi connectivity index (χ4n) is 1.80. The van der Waals surface area contributed by atoms with Crippen LogP contribution in [0.2, 0.25) is 0 Å². The maximum absolute atomic E-state index is 12.1. The molecule has 0 aromatic heterocycles. The predicted octanol–water partition coefficient (Wildman–Crippen LogP) is 1.45. The number of halogens is 1. The molecule has 22 heavy (non-hydrogen) atoms. The minimum Gasteiger partial charge on any atom is -0.508 e. The molecule has 0 spiro atoms. The van der Waals surface area contributed by atoms with Crippen LogP contribution in [0.5, 0.6) is 5.75 Å². The molecule has 1 rings (SSSR count). The first-order valence-corrected chi connectivity index (χ1v) is 8.34. The molecule has 0 aliphatic heterocycles. The molecule has 4 N–H and O–H groups in total. The Hall–Kier alpha value is -1.44. The van der Waals surface area contributed by atoms with Crippen LogP contribution in [0.25, 0.3) is 0 Å². The van der Waals surface area contributed by atoms with Crippen LogP contribution in [0.1, 0.15) is 12.0 Å². The number of nitrogens with two attached hydrogens (primary N) is 1. The topological polar surface area (TPSA) is 104 Å². The Bertz CT molecular complexity index is 512. The number of hydrogen-bond donors (Lipinski definition) is 3. The summed E-state index contributed by atoms with van der Waals surface area (Å²) in [5, 5.41) is 18.5. The average Bonchev–Trinajstić information content (AvgIpc) is 2.50. The summed E-state index contributed by atoms with van der Waals surface area (Å²) in [5.74, 6) is -1.06. The summed E-state index contributed by atoms with van der Waals surface area (Å²) < 4.78 is 0.667. The van der Waals surface area contributed by atoms with Crippen LogP contribution in [0.3, 0.4) is 0 Å². The van der Waals surface area contributed by atoms with Crippen LogP contribution < -0.4 is 5.73 Å². The molecule has 0 fully saturated rings. The smallest absolute Gasteiger partial charge is 0.328 e. The third-order valence-corrected chi connectivity index (χ3v) is 4.13. The van der Waals surface area contributed by atoms with Gasteiger partial charge in [-0.05, 0) is 36.1 Å². The number of carboxylic acids is 1. The van der Waals surface area contributed by atoms with E-state index in [2.05, 4.69) is 0 Å². The number of carbonyl (C=O) groups excluding carboxylic acids is 1. The maximum Gasteiger partial charge on any atom is 0.328 e. The summed E-state index contributed by atoms with van der Waals surface area (Å²) >= 11 is 7.46. The lowest BCUT2D eigenvalue weighted by molar-refractivity contribution is -0.146. The molecule has 6 nitrogen and oxygen atoms in total. The summed E-state index contributed by atoms with van der Waals surface area (Å²) in [4.78, 5) is 23.5. The fourth-order valence-corrected chi connectivity index (χ4v) is 2.57. The van der Waals surface area contributed by atoms with Crippen molar-refractivity contribution in [2.24, 2.45) is 5.73 Å². The predicted molar refractivity (Wildman–Crippen MR) is 86.9 cm³/mol. The molecule has 0 saturated heterocycles. The minimum absolute atomic E-state index is 0.0279. The van der Waals surface area contributed by atoms with Gasteiger partial charge >= 0.3 is 5.97 Å². The highest BCUT2D eigenvalue weighted by molar-refractivity contribution is 7.98. The maximum atomic E-state index is 12.1. The summed E-state index contributed by atoms with van der Waals surface area (Å²) in [6.45, 7) is 0. The van der Waals surface area contributed by atoms with Gasteiger partial charge in [-0.2, -0.15) is 11.8 Å². The van der Waals surface area contributed by atoms with Crippen LogP contribution in [-0.4, -0.2) is 50.6 Å². The van der Waals surface area contributed by atoms with Gasteiger partial charge in [0.15, 0.2) is 0 Å². The zero-order valence-corrected chi connectivity index (χ0v) is 13.7. The van der Waals surface area contributed by atoms with Crippen LogP contribution >= 0.6 is 23.5 Å². The van der Waals surface area contributed by atoms with Crippen molar-refractivity contribution in [1.29, 1.82) is 0 Å². The second kappa shape index (κ2) is 8.87. The molecule has 1 amide bonds. The van der Waals surface area contributed by atoms with Crippen molar-refractivity contribution in [2.45, 2.75) is 24.9 Å². The van der Waals surface area contributed by atoms with Gasteiger partial charge in [-0.15, -0.1) is 0 Å². The van der Waals surface area contributed by atoms with Crippen LogP contribution in [0, 0.1) is 0 Å². The molecule has 0 heterocycles. The van der Waals surface area contributed by atoms with E-state index in [1.807, 2.05) is 6.26 Å². The lowest BCUT2D eigenvalue weighted by Gasteiger charge is -2.24. The van der Waals surface area contributed by atoms with E-state index in [1.165, 1.54) is 12.1 Å². The van der Waals surface area contributed by atoms with Gasteiger partial charge in [0.25, 0.3) is 5.91 Å². The fraction of sp³-hybridized carbons (Fsp3) is 0.429. The number of carbonyl (C=O) groups is 2. The van der Waals surface area contributed by atoms with Crippen molar-refractivity contribution in [3.05, 3.63) is 29.8 Å². The van der Waals surface area contributed by atoms with Gasteiger partial charge < -0.3 is 15.9 Å². The summed E-state index contributed by atoms with van der Waals surface area (Å²) in [7, 11) is 0. The summed E-state index contributed by atoms with van der Waals surface area (Å²) in [6, 6.07) is 3.99. The molecule has 122 valence electrons. The van der Waals surface area contributed by atoms with Gasteiger partial charge in [-0.25, -0.2) is 9.21 Å². The normalized spacial score (nSPS) is 13.4. The molecule has 0 saturated carbocycles. The number of hydrogen-bond acceptors (Lipinski definition) is 5. The number of nitrogens with zero attached hydrogens (tertiary/aromatic N) is 1. The Morgan fingerprint density at radius 1 is 1.36 bits per heavy atom. The van der Waals surface area contributed by atoms with Crippen molar-refractivity contribution in [2.75, 3.05) is 12.0 Å². The number of rotatable bonds is 8. The van der Waals surface area contributed by atoms with Gasteiger partial charge in [0.2, 0.25) is 0 Å². The SMILES string of the molecule is CSCC[C@H](N)C(=O)N(Cl)[C@@H](Cc1ccc(O)cc1)C(=O)O. The number of amides is 1. The molecule has 2 atom stereocenters. The molecule has 0 aliphatic carbocycles. The summed E-state index contributed by atoms with van der Waals surface area (Å²) in [5.41, 5.74) is 6.38. The van der Waals surface area contributed by atoms with E-state index in [0.717, 1.165) is 0 Å². The van der Waals surface area contributed by atoms with E-state index in [4.69, 9.17) is 17.5 Å². The molecule has 0 unspecified atom stereocenters. The minimum atomic E-state index is -1.22. The van der Waals surface area contributed by atoms with Crippen molar-refractivity contribution < 1.29 is 19.8 Å². The van der Waals surface area contributed by atoms with Crippen molar-refractivity contribution in [1.82, 2.24) is 4.42 Å². The first-order chi connectivity index (χ1) is 10.4. The average molecular weight is 347 g/mol. The Morgan fingerprint density at radius 2 is 1.95 bits per heavy atom. The standard InChI is InChI=1S/C14H19ClN2O4S/c1-22-7-6-11(16)13(19)17(15)12(14(20)21)8-9-2-4-10(18)5-3-9/h2-5,11-12,18H,6-8,16H2,1H3,(H,20,21)/t11-,12-/m0/s1. The molecule has 1 aromatic carbocycles. The van der Waals surface area contributed by atoms with Crippen molar-refractivity contribution >= 4 is 35.4 Å². The molecule has 8 heteroatoms. The molecular formula is C14H19ClN2O4S. The number of aliphatic carboxylic acids is 1. The molecule has 1 aromatic rings. The van der Waals surface area contributed by atoms with Crippen LogP contribution in [0.15, 0.2) is 24.3 Å². The van der Waals surface area contributed by atoms with E-state index in [-0.39, 0.29) is 12.2 Å². The largest absolute Gasteiger partial charge is 0.508 e. The van der Waals surface area contributed by atoms with Gasteiger partial charge in [0.05, 0.1) is 6.04 Å². The number of phenolic OH excluding ortho intramolecular Hbond substituents is 1. The zero-order valence-electron chi connectivity index (χ0n) is 12.1. The van der Waals surface area contributed by atoms with E-state index in [9.17, 15) is 19.8 Å². The van der Waals surface area contributed by atoms with E-state index >= 15 is 0 Å². The monoisotopic (exact) mass is 346 g/mol. The number of benzene rings is 1. The highest BCUT2D eigenvalue weighted by Crippen LogP contribution is 2.17. The van der Waals surface area contributed by atoms with Crippen LogP contribution in [0.4, 0.5) is 0 Å². The van der Waals surface area contributed by atoms with E-state index in [0.29, 0.717) is 22.2 Å². The lowest BCUT2D eigenvalue weighted by Crippen LogP contribution is -2.47. The number of phenols is 1. The van der Waals surface area contributed by atoms with Gasteiger partial charge in [-0.3, -0.25) is 4.79 Å². The second-order valence-corrected chi connectivity index (χ2v) is 6.11. The second-order valence-electron chi connectivity index (χ2n) is 4.76. The highest BCUT2D eigenvalue weighted by Gasteiger charge is 2.31. The quantitative estimate of drug-likeness (QED) is 0.615. The Balaban J connectivity index is 2.79. The molecule has 0 bridgehead atoms. The van der Waals surface area contributed by atoms with Gasteiger partial charge in [0, 0.05) is 18.2 Å². The lowest BCUT2D eigenvalue weighted by atomic mass is 10.1. The third kappa shape index (κ3) is 5.40. The molecule has 0 radical (unpaired) electrons. The number of thioether (sulfide) groups is 1. The van der Waals surface area contributed by atoms with Gasteiger partial charge in [0.1, 0.15) is 11.8 Å². The van der Waals surface area contributed by atoms with Gasteiger partial charge in [-0.1, -0.05) is 12.1 Å². The Kier molecular flexibility index (Phi) is 7.50. The van der Waals surface area contributed by atoms with Crippen LogP contribution in [-0.2, 0) is 16.0 Å². The zero-order chi connectivity index (χ0) is 16.7. The summed E-state index contributed by atoms with van der Waals surface area (Å²) in [6.07, 6.45) is 2.34.